The number of benzene rings is 1. The zero-order valence-electron chi connectivity index (χ0n) is 18.1. The highest BCUT2D eigenvalue weighted by Gasteiger charge is 2.16. The van der Waals surface area contributed by atoms with Crippen molar-refractivity contribution >= 4 is 41.7 Å². The van der Waals surface area contributed by atoms with Crippen LogP contribution in [0.25, 0.3) is 0 Å². The fraction of sp³-hybridized carbons (Fsp3) is 0.571. The molecule has 0 saturated carbocycles. The van der Waals surface area contributed by atoms with Crippen LogP contribution in [0.1, 0.15) is 43.1 Å². The van der Waals surface area contributed by atoms with Crippen LogP contribution in [-0.2, 0) is 26.1 Å². The van der Waals surface area contributed by atoms with Crippen LogP contribution in [-0.4, -0.2) is 39.7 Å². The van der Waals surface area contributed by atoms with Gasteiger partial charge in [0, 0.05) is 37.5 Å². The third-order valence-electron chi connectivity index (χ3n) is 5.06. The van der Waals surface area contributed by atoms with Crippen molar-refractivity contribution < 1.29 is 0 Å². The Balaban J connectivity index is 0.00000320. The van der Waals surface area contributed by atoms with E-state index >= 15 is 0 Å². The summed E-state index contributed by atoms with van der Waals surface area (Å²) in [4.78, 5) is 18.4. The molecule has 2 aromatic rings. The summed E-state index contributed by atoms with van der Waals surface area (Å²) < 4.78 is 3.44. The average Bonchev–Trinajstić information content (AvgIpc) is 3.05. The zero-order chi connectivity index (χ0) is 20.6. The molecule has 0 fully saturated rings. The first-order valence-electron chi connectivity index (χ1n) is 10.4. The molecule has 3 rings (SSSR count). The summed E-state index contributed by atoms with van der Waals surface area (Å²) in [5.41, 5.74) is 2.53. The average molecular weight is 545 g/mol. The van der Waals surface area contributed by atoms with Crippen molar-refractivity contribution in [2.75, 3.05) is 19.3 Å². The van der Waals surface area contributed by atoms with E-state index < -0.39 is 0 Å². The molecule has 2 N–H and O–H groups in total. The third-order valence-corrected chi connectivity index (χ3v) is 5.88. The van der Waals surface area contributed by atoms with Crippen molar-refractivity contribution in [3.8, 4) is 0 Å². The van der Waals surface area contributed by atoms with Crippen LogP contribution >= 0.6 is 35.7 Å². The van der Waals surface area contributed by atoms with Crippen LogP contribution < -0.4 is 16.3 Å². The second-order valence-corrected chi connectivity index (χ2v) is 8.17. The fourth-order valence-electron chi connectivity index (χ4n) is 3.52. The number of halogens is 1. The Hall–Kier alpha value is -1.49. The van der Waals surface area contributed by atoms with Gasteiger partial charge in [0.1, 0.15) is 5.82 Å². The Morgan fingerprint density at radius 1 is 1.30 bits per heavy atom. The van der Waals surface area contributed by atoms with Gasteiger partial charge >= 0.3 is 5.69 Å². The monoisotopic (exact) mass is 544 g/mol. The minimum absolute atomic E-state index is 0. The van der Waals surface area contributed by atoms with Crippen LogP contribution in [0.15, 0.2) is 32.9 Å². The standard InChI is InChI=1S/C21H32N6OS.HI/c1-4-22-20(24-15-17-10-9-16(2)14-18(17)29-3)23-11-7-13-27-21(28)26-12-6-5-8-19(26)25-27;/h9-10,14H,4-8,11-13,15H2,1-3H3,(H2,22,23,24);1H. The zero-order valence-corrected chi connectivity index (χ0v) is 21.3. The molecule has 1 aromatic carbocycles. The Kier molecular flexibility index (Phi) is 10.2. The number of guanidine groups is 1. The van der Waals surface area contributed by atoms with E-state index in [4.69, 9.17) is 4.99 Å². The van der Waals surface area contributed by atoms with Crippen LogP contribution in [0.2, 0.25) is 0 Å². The number of hydrogen-bond acceptors (Lipinski definition) is 4. The molecule has 9 heteroatoms. The molecule has 1 aliphatic heterocycles. The van der Waals surface area contributed by atoms with Gasteiger partial charge in [-0.25, -0.2) is 14.5 Å². The number of aliphatic imine (C=N–C) groups is 1. The summed E-state index contributed by atoms with van der Waals surface area (Å²) in [6.07, 6.45) is 6.03. The van der Waals surface area contributed by atoms with E-state index in [-0.39, 0.29) is 29.7 Å². The first kappa shape index (κ1) is 24.8. The summed E-state index contributed by atoms with van der Waals surface area (Å²) in [5, 5.41) is 11.2. The van der Waals surface area contributed by atoms with E-state index in [0.29, 0.717) is 13.1 Å². The number of thioether (sulfide) groups is 1. The van der Waals surface area contributed by atoms with Crippen LogP contribution in [0.4, 0.5) is 0 Å². The van der Waals surface area contributed by atoms with Crippen LogP contribution in [0, 0.1) is 6.92 Å². The van der Waals surface area contributed by atoms with Crippen molar-refractivity contribution in [2.24, 2.45) is 4.99 Å². The molecule has 0 amide bonds. The number of hydrogen-bond donors (Lipinski definition) is 2. The van der Waals surface area contributed by atoms with Gasteiger partial charge in [-0.2, -0.15) is 5.10 Å². The van der Waals surface area contributed by atoms with Gasteiger partial charge in [0.2, 0.25) is 0 Å². The quantitative estimate of drug-likeness (QED) is 0.176. The first-order valence-corrected chi connectivity index (χ1v) is 11.7. The van der Waals surface area contributed by atoms with Gasteiger partial charge in [-0.1, -0.05) is 12.1 Å². The van der Waals surface area contributed by atoms with Crippen molar-refractivity contribution in [1.29, 1.82) is 0 Å². The number of aromatic nitrogens is 3. The van der Waals surface area contributed by atoms with Crippen molar-refractivity contribution in [3.63, 3.8) is 0 Å². The molecular formula is C21H33IN6OS. The van der Waals surface area contributed by atoms with Gasteiger partial charge in [-0.15, -0.1) is 35.7 Å². The lowest BCUT2D eigenvalue weighted by atomic mass is 10.1. The molecule has 1 aromatic heterocycles. The predicted octanol–water partition coefficient (Wildman–Crippen LogP) is 3.17. The molecule has 0 bridgehead atoms. The molecule has 1 aliphatic rings. The summed E-state index contributed by atoms with van der Waals surface area (Å²) in [7, 11) is 0. The predicted molar refractivity (Wildman–Crippen MR) is 135 cm³/mol. The second kappa shape index (κ2) is 12.4. The molecule has 30 heavy (non-hydrogen) atoms. The number of fused-ring (bicyclic) bond motifs is 1. The number of nitrogens with one attached hydrogen (secondary N) is 2. The lowest BCUT2D eigenvalue weighted by Gasteiger charge is -2.12. The van der Waals surface area contributed by atoms with Gasteiger partial charge < -0.3 is 10.6 Å². The molecule has 0 atom stereocenters. The van der Waals surface area contributed by atoms with E-state index in [0.717, 1.165) is 57.1 Å². The van der Waals surface area contributed by atoms with E-state index in [1.807, 2.05) is 4.57 Å². The van der Waals surface area contributed by atoms with E-state index in [1.165, 1.54) is 16.0 Å². The smallest absolute Gasteiger partial charge is 0.345 e. The molecule has 166 valence electrons. The van der Waals surface area contributed by atoms with Gasteiger partial charge in [0.05, 0.1) is 6.54 Å². The number of aryl methyl sites for hydroxylation is 3. The Bertz CT molecular complexity index is 907. The number of nitrogens with zero attached hydrogens (tertiary/aromatic N) is 4. The lowest BCUT2D eigenvalue weighted by molar-refractivity contribution is 0.509. The molecule has 0 saturated heterocycles. The topological polar surface area (TPSA) is 76.2 Å². The third kappa shape index (κ3) is 6.50. The molecule has 0 radical (unpaired) electrons. The van der Waals surface area contributed by atoms with Crippen molar-refractivity contribution in [2.45, 2.75) is 64.1 Å². The second-order valence-electron chi connectivity index (χ2n) is 7.32. The maximum atomic E-state index is 12.4. The van der Waals surface area contributed by atoms with Crippen LogP contribution in [0.3, 0.4) is 0 Å². The van der Waals surface area contributed by atoms with Gasteiger partial charge in [-0.3, -0.25) is 4.57 Å². The maximum Gasteiger partial charge on any atom is 0.345 e. The molecule has 0 spiro atoms. The Labute approximate surface area is 200 Å². The SMILES string of the molecule is CCNC(=NCc1ccc(C)cc1SC)NCCCn1nc2n(c1=O)CCCC2.I. The van der Waals surface area contributed by atoms with Gasteiger partial charge in [0.25, 0.3) is 0 Å². The molecule has 0 aliphatic carbocycles. The van der Waals surface area contributed by atoms with E-state index in [9.17, 15) is 4.79 Å². The first-order chi connectivity index (χ1) is 14.1. The minimum atomic E-state index is 0. The highest BCUT2D eigenvalue weighted by Crippen LogP contribution is 2.22. The summed E-state index contributed by atoms with van der Waals surface area (Å²) in [6, 6.07) is 6.49. The summed E-state index contributed by atoms with van der Waals surface area (Å²) >= 11 is 1.75. The van der Waals surface area contributed by atoms with Crippen molar-refractivity contribution in [3.05, 3.63) is 45.6 Å². The normalized spacial score (nSPS) is 13.5. The van der Waals surface area contributed by atoms with Gasteiger partial charge in [-0.05, 0) is 56.6 Å². The van der Waals surface area contributed by atoms with E-state index in [1.54, 1.807) is 16.4 Å². The molecular weight excluding hydrogens is 511 g/mol. The maximum absolute atomic E-state index is 12.4. The van der Waals surface area contributed by atoms with Crippen LogP contribution in [0.5, 0.6) is 0 Å². The number of rotatable bonds is 8. The Morgan fingerprint density at radius 3 is 2.87 bits per heavy atom. The molecule has 0 unspecified atom stereocenters. The molecule has 2 heterocycles. The Morgan fingerprint density at radius 2 is 2.13 bits per heavy atom. The largest absolute Gasteiger partial charge is 0.357 e. The van der Waals surface area contributed by atoms with Gasteiger partial charge in [0.15, 0.2) is 5.96 Å². The highest BCUT2D eigenvalue weighted by molar-refractivity contribution is 14.0. The highest BCUT2D eigenvalue weighted by atomic mass is 127. The molecule has 7 nitrogen and oxygen atoms in total. The van der Waals surface area contributed by atoms with E-state index in [2.05, 4.69) is 54.0 Å². The van der Waals surface area contributed by atoms with Crippen molar-refractivity contribution in [1.82, 2.24) is 25.0 Å². The summed E-state index contributed by atoms with van der Waals surface area (Å²) in [5.74, 6) is 1.74. The lowest BCUT2D eigenvalue weighted by Crippen LogP contribution is -2.38. The fourth-order valence-corrected chi connectivity index (χ4v) is 4.22. The minimum Gasteiger partial charge on any atom is -0.357 e. The summed E-state index contributed by atoms with van der Waals surface area (Å²) in [6.45, 7) is 7.79.